The zero-order valence-corrected chi connectivity index (χ0v) is 9.06. The highest BCUT2D eigenvalue weighted by molar-refractivity contribution is 5.82. The molecule has 80 valence electrons. The molecule has 3 heteroatoms. The second-order valence-electron chi connectivity index (χ2n) is 5.26. The molecular weight excluding hydrogens is 178 g/mol. The zero-order valence-electron chi connectivity index (χ0n) is 9.06. The quantitative estimate of drug-likeness (QED) is 0.647. The van der Waals surface area contributed by atoms with Gasteiger partial charge in [0.2, 0.25) is 0 Å². The first kappa shape index (κ1) is 10.1. The first-order chi connectivity index (χ1) is 6.52. The van der Waals surface area contributed by atoms with Crippen LogP contribution in [0, 0.1) is 10.8 Å². The molecule has 1 aliphatic carbocycles. The predicted octanol–water partition coefficient (Wildman–Crippen LogP) is 2.35. The minimum Gasteiger partial charge on any atom is -0.349 e. The van der Waals surface area contributed by atoms with Crippen LogP contribution in [0.5, 0.6) is 0 Å². The van der Waals surface area contributed by atoms with Crippen molar-refractivity contribution in [2.24, 2.45) is 5.41 Å². The van der Waals surface area contributed by atoms with Crippen molar-refractivity contribution in [3.63, 3.8) is 0 Å². The Morgan fingerprint density at radius 2 is 1.57 bits per heavy atom. The number of rotatable bonds is 0. The zero-order chi connectivity index (χ0) is 10.2. The fourth-order valence-electron chi connectivity index (χ4n) is 1.96. The predicted molar refractivity (Wildman–Crippen MR) is 54.6 cm³/mol. The summed E-state index contributed by atoms with van der Waals surface area (Å²) in [5.41, 5.74) is 0.989. The summed E-state index contributed by atoms with van der Waals surface area (Å²) in [7, 11) is 0. The first-order valence-electron chi connectivity index (χ1n) is 5.36. The number of ether oxygens (including phenoxy) is 2. The topological polar surface area (TPSA) is 42.3 Å². The van der Waals surface area contributed by atoms with Crippen LogP contribution in [0.2, 0.25) is 0 Å². The van der Waals surface area contributed by atoms with Gasteiger partial charge in [-0.25, -0.2) is 0 Å². The average Bonchev–Trinajstić information content (AvgIpc) is 2.16. The molecule has 0 aromatic heterocycles. The fraction of sp³-hybridized carbons (Fsp3) is 0.909. The molecule has 1 aliphatic heterocycles. The molecule has 0 bridgehead atoms. The molecular formula is C11H19NO2. The Labute approximate surface area is 85.3 Å². The third-order valence-corrected chi connectivity index (χ3v) is 3.07. The Bertz CT molecular complexity index is 226. The van der Waals surface area contributed by atoms with Gasteiger partial charge in [0.05, 0.1) is 13.2 Å². The maximum atomic E-state index is 7.56. The molecule has 3 nitrogen and oxygen atoms in total. The Morgan fingerprint density at radius 3 is 2.07 bits per heavy atom. The third-order valence-electron chi connectivity index (χ3n) is 3.07. The standard InChI is InChI=1S/C11H19NO2/c1-10(2)7-13-11(14-8-10)5-3-9(12)4-6-11/h12H,3-8H2,1-2H3. The molecule has 1 saturated carbocycles. The third kappa shape index (κ3) is 1.98. The molecule has 0 unspecified atom stereocenters. The number of hydrogen-bond donors (Lipinski definition) is 1. The second kappa shape index (κ2) is 3.31. The van der Waals surface area contributed by atoms with Crippen molar-refractivity contribution in [2.45, 2.75) is 45.3 Å². The van der Waals surface area contributed by atoms with Gasteiger partial charge in [0, 0.05) is 24.0 Å². The smallest absolute Gasteiger partial charge is 0.169 e. The highest BCUT2D eigenvalue weighted by Gasteiger charge is 2.42. The molecule has 0 atom stereocenters. The van der Waals surface area contributed by atoms with Crippen molar-refractivity contribution in [3.8, 4) is 0 Å². The van der Waals surface area contributed by atoms with E-state index >= 15 is 0 Å². The lowest BCUT2D eigenvalue weighted by atomic mass is 9.88. The van der Waals surface area contributed by atoms with Crippen LogP contribution in [-0.2, 0) is 9.47 Å². The Kier molecular flexibility index (Phi) is 2.40. The lowest BCUT2D eigenvalue weighted by molar-refractivity contribution is -0.305. The van der Waals surface area contributed by atoms with Crippen molar-refractivity contribution in [2.75, 3.05) is 13.2 Å². The van der Waals surface area contributed by atoms with E-state index in [2.05, 4.69) is 13.8 Å². The molecule has 0 amide bonds. The van der Waals surface area contributed by atoms with Crippen LogP contribution in [0.15, 0.2) is 0 Å². The van der Waals surface area contributed by atoms with Gasteiger partial charge in [0.15, 0.2) is 5.79 Å². The Morgan fingerprint density at radius 1 is 1.07 bits per heavy atom. The monoisotopic (exact) mass is 197 g/mol. The summed E-state index contributed by atoms with van der Waals surface area (Å²) in [5, 5.41) is 7.56. The lowest BCUT2D eigenvalue weighted by Crippen LogP contribution is -2.49. The van der Waals surface area contributed by atoms with Gasteiger partial charge >= 0.3 is 0 Å². The molecule has 1 heterocycles. The van der Waals surface area contributed by atoms with E-state index < -0.39 is 0 Å². The molecule has 2 rings (SSSR count). The van der Waals surface area contributed by atoms with Crippen molar-refractivity contribution in [1.29, 1.82) is 5.41 Å². The van der Waals surface area contributed by atoms with Crippen LogP contribution in [0.25, 0.3) is 0 Å². The minimum absolute atomic E-state index is 0.149. The van der Waals surface area contributed by atoms with Crippen LogP contribution in [-0.4, -0.2) is 24.7 Å². The normalized spacial score (nSPS) is 30.6. The van der Waals surface area contributed by atoms with Gasteiger partial charge in [-0.15, -0.1) is 0 Å². The Hall–Kier alpha value is -0.410. The largest absolute Gasteiger partial charge is 0.349 e. The molecule has 1 spiro atoms. The average molecular weight is 197 g/mol. The van der Waals surface area contributed by atoms with Crippen molar-refractivity contribution in [1.82, 2.24) is 0 Å². The van der Waals surface area contributed by atoms with Crippen molar-refractivity contribution < 1.29 is 9.47 Å². The highest BCUT2D eigenvalue weighted by Crippen LogP contribution is 2.38. The van der Waals surface area contributed by atoms with E-state index in [9.17, 15) is 0 Å². The van der Waals surface area contributed by atoms with E-state index in [0.29, 0.717) is 0 Å². The summed E-state index contributed by atoms with van der Waals surface area (Å²) in [5.74, 6) is -0.347. The van der Waals surface area contributed by atoms with Gasteiger partial charge in [-0.2, -0.15) is 0 Å². The van der Waals surface area contributed by atoms with Gasteiger partial charge in [0.25, 0.3) is 0 Å². The van der Waals surface area contributed by atoms with Gasteiger partial charge < -0.3 is 14.9 Å². The summed E-state index contributed by atoms with van der Waals surface area (Å²) in [6.45, 7) is 5.87. The SMILES string of the molecule is CC1(C)COC2(CCC(=N)CC2)OC1. The Balaban J connectivity index is 1.96. The highest BCUT2D eigenvalue weighted by atomic mass is 16.7. The molecule has 0 aromatic rings. The van der Waals surface area contributed by atoms with E-state index in [4.69, 9.17) is 14.9 Å². The summed E-state index contributed by atoms with van der Waals surface area (Å²) in [6.07, 6.45) is 3.39. The molecule has 1 N–H and O–H groups in total. The summed E-state index contributed by atoms with van der Waals surface area (Å²) in [4.78, 5) is 0. The van der Waals surface area contributed by atoms with Crippen LogP contribution >= 0.6 is 0 Å². The molecule has 14 heavy (non-hydrogen) atoms. The lowest BCUT2D eigenvalue weighted by Gasteiger charge is -2.45. The van der Waals surface area contributed by atoms with Crippen LogP contribution in [0.3, 0.4) is 0 Å². The maximum Gasteiger partial charge on any atom is 0.169 e. The first-order valence-corrected chi connectivity index (χ1v) is 5.36. The van der Waals surface area contributed by atoms with Crippen LogP contribution < -0.4 is 0 Å². The van der Waals surface area contributed by atoms with Gasteiger partial charge in [-0.1, -0.05) is 13.8 Å². The van der Waals surface area contributed by atoms with E-state index in [-0.39, 0.29) is 11.2 Å². The molecule has 0 radical (unpaired) electrons. The van der Waals surface area contributed by atoms with E-state index in [1.54, 1.807) is 0 Å². The summed E-state index contributed by atoms with van der Waals surface area (Å²) >= 11 is 0. The molecule has 1 saturated heterocycles. The number of nitrogens with one attached hydrogen (secondary N) is 1. The molecule has 2 fully saturated rings. The van der Waals surface area contributed by atoms with E-state index in [0.717, 1.165) is 44.6 Å². The molecule has 0 aromatic carbocycles. The second-order valence-corrected chi connectivity index (χ2v) is 5.26. The van der Waals surface area contributed by atoms with Crippen molar-refractivity contribution in [3.05, 3.63) is 0 Å². The van der Waals surface area contributed by atoms with Gasteiger partial charge in [-0.05, 0) is 12.8 Å². The fourth-order valence-corrected chi connectivity index (χ4v) is 1.96. The summed E-state index contributed by atoms with van der Waals surface area (Å²) in [6, 6.07) is 0. The summed E-state index contributed by atoms with van der Waals surface area (Å²) < 4.78 is 11.7. The van der Waals surface area contributed by atoms with E-state index in [1.165, 1.54) is 0 Å². The van der Waals surface area contributed by atoms with Crippen LogP contribution in [0.1, 0.15) is 39.5 Å². The maximum absolute atomic E-state index is 7.56. The number of hydrogen-bond acceptors (Lipinski definition) is 3. The van der Waals surface area contributed by atoms with Gasteiger partial charge in [-0.3, -0.25) is 0 Å². The molecule has 2 aliphatic rings. The minimum atomic E-state index is -0.347. The van der Waals surface area contributed by atoms with Gasteiger partial charge in [0.1, 0.15) is 0 Å². The van der Waals surface area contributed by atoms with Crippen LogP contribution in [0.4, 0.5) is 0 Å². The van der Waals surface area contributed by atoms with Crippen molar-refractivity contribution >= 4 is 5.71 Å². The van der Waals surface area contributed by atoms with E-state index in [1.807, 2.05) is 0 Å².